The summed E-state index contributed by atoms with van der Waals surface area (Å²) in [5, 5.41) is 9.80. The molecule has 3 rings (SSSR count). The highest BCUT2D eigenvalue weighted by Crippen LogP contribution is 2.27. The van der Waals surface area contributed by atoms with Crippen LogP contribution in [0.25, 0.3) is 16.8 Å². The van der Waals surface area contributed by atoms with Crippen molar-refractivity contribution >= 4 is 0 Å². The summed E-state index contributed by atoms with van der Waals surface area (Å²) >= 11 is 0. The first kappa shape index (κ1) is 16.0. The number of aromatic hydroxyl groups is 1. The fourth-order valence-electron chi connectivity index (χ4n) is 2.73. The van der Waals surface area contributed by atoms with Crippen LogP contribution >= 0.6 is 0 Å². The first-order chi connectivity index (χ1) is 11.5. The molecule has 0 aliphatic heterocycles. The summed E-state index contributed by atoms with van der Waals surface area (Å²) in [5.41, 5.74) is 2.38. The third-order valence-corrected chi connectivity index (χ3v) is 3.96. The van der Waals surface area contributed by atoms with E-state index in [2.05, 4.69) is 0 Å². The number of nitrogens with zero attached hydrogens (tertiary/aromatic N) is 1. The minimum atomic E-state index is -0.403. The van der Waals surface area contributed by atoms with Crippen molar-refractivity contribution in [2.45, 2.75) is 19.8 Å². The van der Waals surface area contributed by atoms with E-state index in [-0.39, 0.29) is 17.5 Å². The van der Waals surface area contributed by atoms with Crippen LogP contribution in [0.5, 0.6) is 5.75 Å². The highest BCUT2D eigenvalue weighted by molar-refractivity contribution is 5.66. The van der Waals surface area contributed by atoms with E-state index in [0.717, 1.165) is 16.9 Å². The zero-order chi connectivity index (χ0) is 17.3. The van der Waals surface area contributed by atoms with Gasteiger partial charge in [-0.15, -0.1) is 0 Å². The first-order valence-corrected chi connectivity index (χ1v) is 7.78. The van der Waals surface area contributed by atoms with Crippen LogP contribution in [-0.2, 0) is 0 Å². The Labute approximate surface area is 139 Å². The van der Waals surface area contributed by atoms with Crippen LogP contribution in [0.3, 0.4) is 0 Å². The minimum absolute atomic E-state index is 0.0930. The molecule has 0 saturated carbocycles. The normalized spacial score (nSPS) is 11.0. The number of benzene rings is 2. The van der Waals surface area contributed by atoms with Crippen molar-refractivity contribution in [3.05, 3.63) is 82.5 Å². The van der Waals surface area contributed by atoms with Gasteiger partial charge in [-0.25, -0.2) is 4.39 Å². The lowest BCUT2D eigenvalue weighted by Gasteiger charge is -2.17. The number of aromatic nitrogens is 1. The molecule has 0 radical (unpaired) electrons. The maximum absolute atomic E-state index is 14.0. The molecule has 24 heavy (non-hydrogen) atoms. The van der Waals surface area contributed by atoms with Crippen molar-refractivity contribution in [3.8, 4) is 22.6 Å². The van der Waals surface area contributed by atoms with Crippen LogP contribution in [0.1, 0.15) is 25.5 Å². The molecule has 0 fully saturated rings. The smallest absolute Gasteiger partial charge is 0.223 e. The van der Waals surface area contributed by atoms with Crippen molar-refractivity contribution in [2.24, 2.45) is 0 Å². The molecule has 4 heteroatoms. The van der Waals surface area contributed by atoms with Gasteiger partial charge >= 0.3 is 0 Å². The molecule has 0 bridgehead atoms. The van der Waals surface area contributed by atoms with E-state index in [0.29, 0.717) is 5.56 Å². The molecule has 0 aliphatic carbocycles. The number of hydrogen-bond donors (Lipinski definition) is 1. The lowest BCUT2D eigenvalue weighted by Crippen LogP contribution is -2.12. The van der Waals surface area contributed by atoms with Gasteiger partial charge in [-0.3, -0.25) is 4.79 Å². The number of pyridine rings is 1. The second kappa shape index (κ2) is 6.32. The van der Waals surface area contributed by atoms with E-state index in [1.165, 1.54) is 18.3 Å². The number of halogens is 1. The predicted octanol–water partition coefficient (Wildman–Crippen LogP) is 4.47. The number of hydrogen-bond acceptors (Lipinski definition) is 2. The molecule has 2 aromatic carbocycles. The standard InChI is InChI=1S/C20H18FNO2/c1-13(2)18-11-19(23)20(24)12-22(18)15-7-5-6-14(10-15)16-8-3-4-9-17(16)21/h3-13,24H,1-2H3. The van der Waals surface area contributed by atoms with Crippen molar-refractivity contribution in [2.75, 3.05) is 0 Å². The Morgan fingerprint density at radius 3 is 2.50 bits per heavy atom. The van der Waals surface area contributed by atoms with Crippen molar-refractivity contribution < 1.29 is 9.50 Å². The van der Waals surface area contributed by atoms with E-state index in [4.69, 9.17) is 0 Å². The molecule has 0 aliphatic rings. The Morgan fingerprint density at radius 1 is 1.04 bits per heavy atom. The maximum Gasteiger partial charge on any atom is 0.223 e. The monoisotopic (exact) mass is 323 g/mol. The zero-order valence-electron chi connectivity index (χ0n) is 13.5. The predicted molar refractivity (Wildman–Crippen MR) is 93.2 cm³/mol. The Kier molecular flexibility index (Phi) is 4.21. The van der Waals surface area contributed by atoms with Gasteiger partial charge in [0.05, 0.1) is 6.20 Å². The first-order valence-electron chi connectivity index (χ1n) is 7.78. The SMILES string of the molecule is CC(C)c1cc(=O)c(O)cn1-c1cccc(-c2ccccc2F)c1. The highest BCUT2D eigenvalue weighted by Gasteiger charge is 2.12. The Bertz CT molecular complexity index is 944. The lowest BCUT2D eigenvalue weighted by molar-refractivity contribution is 0.463. The summed E-state index contributed by atoms with van der Waals surface area (Å²) < 4.78 is 15.8. The quantitative estimate of drug-likeness (QED) is 0.772. The Balaban J connectivity index is 2.19. The average Bonchev–Trinajstić information content (AvgIpc) is 2.57. The van der Waals surface area contributed by atoms with E-state index in [1.54, 1.807) is 22.8 Å². The van der Waals surface area contributed by atoms with Crippen LogP contribution < -0.4 is 5.43 Å². The third kappa shape index (κ3) is 2.95. The molecule has 0 amide bonds. The minimum Gasteiger partial charge on any atom is -0.503 e. The molecule has 1 N–H and O–H groups in total. The molecule has 3 nitrogen and oxygen atoms in total. The van der Waals surface area contributed by atoms with Gasteiger partial charge in [-0.05, 0) is 29.7 Å². The molecule has 0 saturated heterocycles. The molecule has 3 aromatic rings. The van der Waals surface area contributed by atoms with Crippen LogP contribution in [0.4, 0.5) is 4.39 Å². The molecular formula is C20H18FNO2. The molecular weight excluding hydrogens is 305 g/mol. The number of rotatable bonds is 3. The third-order valence-electron chi connectivity index (χ3n) is 3.96. The largest absolute Gasteiger partial charge is 0.503 e. The van der Waals surface area contributed by atoms with E-state index in [1.807, 2.05) is 38.1 Å². The fourth-order valence-corrected chi connectivity index (χ4v) is 2.73. The van der Waals surface area contributed by atoms with Crippen LogP contribution in [-0.4, -0.2) is 9.67 Å². The second-order valence-electron chi connectivity index (χ2n) is 6.00. The molecule has 1 heterocycles. The topological polar surface area (TPSA) is 42.2 Å². The molecule has 1 aromatic heterocycles. The van der Waals surface area contributed by atoms with Gasteiger partial charge in [0.2, 0.25) is 5.43 Å². The zero-order valence-corrected chi connectivity index (χ0v) is 13.5. The van der Waals surface area contributed by atoms with Crippen LogP contribution in [0.2, 0.25) is 0 Å². The van der Waals surface area contributed by atoms with Gasteiger partial charge in [-0.2, -0.15) is 0 Å². The maximum atomic E-state index is 14.0. The van der Waals surface area contributed by atoms with Crippen LogP contribution in [0.15, 0.2) is 65.6 Å². The Morgan fingerprint density at radius 2 is 1.79 bits per heavy atom. The van der Waals surface area contributed by atoms with Gasteiger partial charge < -0.3 is 9.67 Å². The molecule has 122 valence electrons. The molecule has 0 atom stereocenters. The van der Waals surface area contributed by atoms with Gasteiger partial charge in [-0.1, -0.05) is 44.2 Å². The molecule has 0 spiro atoms. The summed E-state index contributed by atoms with van der Waals surface area (Å²) in [6, 6.07) is 15.4. The van der Waals surface area contributed by atoms with E-state index in [9.17, 15) is 14.3 Å². The summed E-state index contributed by atoms with van der Waals surface area (Å²) in [4.78, 5) is 11.7. The van der Waals surface area contributed by atoms with Crippen molar-refractivity contribution in [1.29, 1.82) is 0 Å². The van der Waals surface area contributed by atoms with Gasteiger partial charge in [0.25, 0.3) is 0 Å². The van der Waals surface area contributed by atoms with E-state index < -0.39 is 5.43 Å². The van der Waals surface area contributed by atoms with Gasteiger partial charge in [0, 0.05) is 23.0 Å². The fraction of sp³-hybridized carbons (Fsp3) is 0.150. The average molecular weight is 323 g/mol. The van der Waals surface area contributed by atoms with Crippen LogP contribution in [0, 0.1) is 5.82 Å². The lowest BCUT2D eigenvalue weighted by atomic mass is 10.0. The summed E-state index contributed by atoms with van der Waals surface area (Å²) in [6.45, 7) is 3.95. The Hall–Kier alpha value is -2.88. The van der Waals surface area contributed by atoms with Crippen molar-refractivity contribution in [3.63, 3.8) is 0 Å². The highest BCUT2D eigenvalue weighted by atomic mass is 19.1. The van der Waals surface area contributed by atoms with Crippen molar-refractivity contribution in [1.82, 2.24) is 4.57 Å². The van der Waals surface area contributed by atoms with Gasteiger partial charge in [0.1, 0.15) is 5.82 Å². The second-order valence-corrected chi connectivity index (χ2v) is 6.00. The summed E-state index contributed by atoms with van der Waals surface area (Å²) in [6.07, 6.45) is 1.41. The van der Waals surface area contributed by atoms with E-state index >= 15 is 0 Å². The summed E-state index contributed by atoms with van der Waals surface area (Å²) in [7, 11) is 0. The summed E-state index contributed by atoms with van der Waals surface area (Å²) in [5.74, 6) is -0.507. The van der Waals surface area contributed by atoms with Gasteiger partial charge in [0.15, 0.2) is 5.75 Å². The molecule has 0 unspecified atom stereocenters.